The van der Waals surface area contributed by atoms with Gasteiger partial charge in [-0.25, -0.2) is 0 Å². The highest BCUT2D eigenvalue weighted by Crippen LogP contribution is 2.29. The van der Waals surface area contributed by atoms with Crippen LogP contribution < -0.4 is 10.5 Å². The topological polar surface area (TPSA) is 44.5 Å². The maximum Gasteiger partial charge on any atom is 0.137 e. The zero-order valence-electron chi connectivity index (χ0n) is 9.21. The van der Waals surface area contributed by atoms with Gasteiger partial charge >= 0.3 is 0 Å². The quantitative estimate of drug-likeness (QED) is 0.861. The number of hydrogen-bond donors (Lipinski definition) is 1. The van der Waals surface area contributed by atoms with Crippen molar-refractivity contribution in [3.63, 3.8) is 0 Å². The second-order valence-corrected chi connectivity index (χ2v) is 4.11. The molecular weight excluding hydrogens is 214 g/mol. The maximum absolute atomic E-state index is 6.10. The van der Waals surface area contributed by atoms with Crippen LogP contribution >= 0.6 is 11.6 Å². The van der Waals surface area contributed by atoms with Crippen LogP contribution in [0.3, 0.4) is 0 Å². The van der Waals surface area contributed by atoms with Gasteiger partial charge in [-0.1, -0.05) is 17.7 Å². The Morgan fingerprint density at radius 3 is 2.60 bits per heavy atom. The number of nitrogens with two attached hydrogens (primary N) is 1. The minimum Gasteiger partial charge on any atom is -0.495 e. The van der Waals surface area contributed by atoms with Gasteiger partial charge < -0.3 is 15.2 Å². The van der Waals surface area contributed by atoms with Crippen LogP contribution in [0.4, 0.5) is 0 Å². The summed E-state index contributed by atoms with van der Waals surface area (Å²) in [6, 6.07) is 5.49. The highest BCUT2D eigenvalue weighted by molar-refractivity contribution is 6.32. The molecular formula is C11H16ClNO2. The number of benzene rings is 1. The molecule has 0 amide bonds. The third-order valence-electron chi connectivity index (χ3n) is 2.25. The molecule has 4 heteroatoms. The fraction of sp³-hybridized carbons (Fsp3) is 0.455. The molecule has 0 radical (unpaired) electrons. The normalized spacial score (nSPS) is 14.7. The molecule has 0 bridgehead atoms. The first-order valence-electron chi connectivity index (χ1n) is 4.63. The van der Waals surface area contributed by atoms with Crippen molar-refractivity contribution < 1.29 is 9.47 Å². The van der Waals surface area contributed by atoms with Gasteiger partial charge in [0.05, 0.1) is 24.3 Å². The average Bonchev–Trinajstić information content (AvgIpc) is 2.18. The van der Waals surface area contributed by atoms with E-state index in [0.29, 0.717) is 17.4 Å². The average molecular weight is 230 g/mol. The predicted octanol–water partition coefficient (Wildman–Crippen LogP) is 2.17. The fourth-order valence-electron chi connectivity index (χ4n) is 1.40. The van der Waals surface area contributed by atoms with Crippen LogP contribution in [-0.2, 0) is 10.3 Å². The summed E-state index contributed by atoms with van der Waals surface area (Å²) in [5, 5.41) is 0.578. The lowest BCUT2D eigenvalue weighted by atomic mass is 9.94. The highest BCUT2D eigenvalue weighted by atomic mass is 35.5. The van der Waals surface area contributed by atoms with Gasteiger partial charge in [-0.15, -0.1) is 0 Å². The summed E-state index contributed by atoms with van der Waals surface area (Å²) in [5.74, 6) is 0.627. The minimum atomic E-state index is -0.535. The fourth-order valence-corrected chi connectivity index (χ4v) is 1.59. The summed E-state index contributed by atoms with van der Waals surface area (Å²) in [6.07, 6.45) is 0. The Balaban J connectivity index is 3.04. The van der Waals surface area contributed by atoms with Crippen molar-refractivity contribution >= 4 is 11.6 Å². The van der Waals surface area contributed by atoms with Gasteiger partial charge in [0.1, 0.15) is 5.75 Å². The summed E-state index contributed by atoms with van der Waals surface area (Å²) in [4.78, 5) is 0. The van der Waals surface area contributed by atoms with E-state index in [1.807, 2.05) is 19.1 Å². The first-order valence-corrected chi connectivity index (χ1v) is 5.01. The lowest BCUT2D eigenvalue weighted by molar-refractivity contribution is 0.141. The van der Waals surface area contributed by atoms with Crippen molar-refractivity contribution in [2.24, 2.45) is 5.73 Å². The van der Waals surface area contributed by atoms with Crippen molar-refractivity contribution in [2.45, 2.75) is 12.5 Å². The van der Waals surface area contributed by atoms with Gasteiger partial charge in [0.25, 0.3) is 0 Å². The molecule has 1 unspecified atom stereocenters. The summed E-state index contributed by atoms with van der Waals surface area (Å²) < 4.78 is 10.2. The molecule has 0 heterocycles. The zero-order valence-corrected chi connectivity index (χ0v) is 9.97. The van der Waals surface area contributed by atoms with Crippen LogP contribution in [0.2, 0.25) is 5.02 Å². The number of halogens is 1. The van der Waals surface area contributed by atoms with Crippen LogP contribution in [0.25, 0.3) is 0 Å². The van der Waals surface area contributed by atoms with Gasteiger partial charge in [-0.3, -0.25) is 0 Å². The minimum absolute atomic E-state index is 0.442. The number of rotatable bonds is 4. The molecule has 1 aromatic rings. The Hall–Kier alpha value is -0.770. The van der Waals surface area contributed by atoms with E-state index in [-0.39, 0.29) is 0 Å². The van der Waals surface area contributed by atoms with Crippen molar-refractivity contribution in [3.05, 3.63) is 28.8 Å². The molecule has 2 N–H and O–H groups in total. The van der Waals surface area contributed by atoms with Crippen LogP contribution in [0.1, 0.15) is 12.5 Å². The smallest absolute Gasteiger partial charge is 0.137 e. The third kappa shape index (κ3) is 2.84. The second kappa shape index (κ2) is 4.84. The van der Waals surface area contributed by atoms with Crippen molar-refractivity contribution in [3.8, 4) is 5.75 Å². The summed E-state index contributed by atoms with van der Waals surface area (Å²) in [5.41, 5.74) is 6.50. The molecule has 0 aromatic heterocycles. The van der Waals surface area contributed by atoms with Gasteiger partial charge in [0.2, 0.25) is 0 Å². The van der Waals surface area contributed by atoms with E-state index in [9.17, 15) is 0 Å². The first kappa shape index (κ1) is 12.3. The van der Waals surface area contributed by atoms with E-state index < -0.39 is 5.54 Å². The molecule has 1 aromatic carbocycles. The van der Waals surface area contributed by atoms with E-state index in [4.69, 9.17) is 26.8 Å². The molecule has 0 aliphatic carbocycles. The van der Waals surface area contributed by atoms with Gasteiger partial charge in [0, 0.05) is 7.11 Å². The Morgan fingerprint density at radius 2 is 2.07 bits per heavy atom. The molecule has 0 fully saturated rings. The van der Waals surface area contributed by atoms with E-state index in [1.165, 1.54) is 0 Å². The number of ether oxygens (including phenoxy) is 2. The summed E-state index contributed by atoms with van der Waals surface area (Å²) in [6.45, 7) is 2.34. The summed E-state index contributed by atoms with van der Waals surface area (Å²) >= 11 is 5.93. The zero-order chi connectivity index (χ0) is 11.5. The Kier molecular flexibility index (Phi) is 3.97. The maximum atomic E-state index is 6.10. The Morgan fingerprint density at radius 1 is 1.40 bits per heavy atom. The van der Waals surface area contributed by atoms with Crippen molar-refractivity contribution in [1.29, 1.82) is 0 Å². The Bertz CT molecular complexity index is 339. The van der Waals surface area contributed by atoms with E-state index in [2.05, 4.69) is 0 Å². The largest absolute Gasteiger partial charge is 0.495 e. The molecule has 0 saturated carbocycles. The molecule has 3 nitrogen and oxygen atoms in total. The van der Waals surface area contributed by atoms with E-state index in [1.54, 1.807) is 20.3 Å². The lowest BCUT2D eigenvalue weighted by Gasteiger charge is -2.24. The molecule has 15 heavy (non-hydrogen) atoms. The number of methoxy groups -OCH3 is 2. The molecule has 0 saturated heterocycles. The monoisotopic (exact) mass is 229 g/mol. The van der Waals surface area contributed by atoms with E-state index >= 15 is 0 Å². The van der Waals surface area contributed by atoms with Crippen molar-refractivity contribution in [1.82, 2.24) is 0 Å². The highest BCUT2D eigenvalue weighted by Gasteiger charge is 2.22. The molecule has 84 valence electrons. The van der Waals surface area contributed by atoms with Crippen LogP contribution in [-0.4, -0.2) is 20.8 Å². The number of hydrogen-bond acceptors (Lipinski definition) is 3. The molecule has 1 atom stereocenters. The lowest BCUT2D eigenvalue weighted by Crippen LogP contribution is -2.37. The van der Waals surface area contributed by atoms with Gasteiger partial charge in [-0.05, 0) is 24.6 Å². The third-order valence-corrected chi connectivity index (χ3v) is 2.57. The molecule has 1 rings (SSSR count). The summed E-state index contributed by atoms with van der Waals surface area (Å²) in [7, 11) is 3.20. The molecule has 0 aliphatic rings. The van der Waals surface area contributed by atoms with Gasteiger partial charge in [0.15, 0.2) is 0 Å². The first-order chi connectivity index (χ1) is 7.01. The standard InChI is InChI=1S/C11H16ClNO2/c1-11(13,7-14-2)8-4-5-9(12)10(6-8)15-3/h4-6H,7,13H2,1-3H3. The second-order valence-electron chi connectivity index (χ2n) is 3.70. The van der Waals surface area contributed by atoms with Crippen LogP contribution in [0.15, 0.2) is 18.2 Å². The van der Waals surface area contributed by atoms with Gasteiger partial charge in [-0.2, -0.15) is 0 Å². The molecule has 0 aliphatic heterocycles. The van der Waals surface area contributed by atoms with Crippen LogP contribution in [0, 0.1) is 0 Å². The Labute approximate surface area is 95.1 Å². The molecule has 0 spiro atoms. The van der Waals surface area contributed by atoms with E-state index in [0.717, 1.165) is 5.56 Å². The predicted molar refractivity (Wildman–Crippen MR) is 61.4 cm³/mol. The van der Waals surface area contributed by atoms with Crippen LogP contribution in [0.5, 0.6) is 5.75 Å². The van der Waals surface area contributed by atoms with Crippen molar-refractivity contribution in [2.75, 3.05) is 20.8 Å². The SMILES string of the molecule is COCC(C)(N)c1ccc(Cl)c(OC)c1.